The summed E-state index contributed by atoms with van der Waals surface area (Å²) in [6.07, 6.45) is -1.81. The minimum Gasteiger partial charge on any atom is -0.411 e. The number of rotatable bonds is 4. The summed E-state index contributed by atoms with van der Waals surface area (Å²) in [7, 11) is 0. The number of halogens is 4. The molecule has 2 rings (SSSR count). The zero-order valence-electron chi connectivity index (χ0n) is 11.1. The summed E-state index contributed by atoms with van der Waals surface area (Å²) in [6.45, 7) is 0. The Bertz CT molecular complexity index is 669. The minimum atomic E-state index is -4.67. The molecule has 0 saturated heterocycles. The Balaban J connectivity index is 2.24. The molecule has 0 aliphatic carbocycles. The first kappa shape index (κ1) is 15.7. The van der Waals surface area contributed by atoms with Crippen molar-refractivity contribution in [3.8, 4) is 0 Å². The van der Waals surface area contributed by atoms with E-state index in [0.717, 1.165) is 12.1 Å². The summed E-state index contributed by atoms with van der Waals surface area (Å²) in [6, 6.07) is 5.49. The zero-order chi connectivity index (χ0) is 16.2. The van der Waals surface area contributed by atoms with Gasteiger partial charge in [0.15, 0.2) is 0 Å². The van der Waals surface area contributed by atoms with Crippen molar-refractivity contribution in [1.82, 2.24) is 4.98 Å². The Labute approximate surface area is 123 Å². The SMILES string of the molecule is O/N=C/Cc1ccc(Nc2ccc(F)cc2C(F)(F)F)cn1. The first-order valence-corrected chi connectivity index (χ1v) is 6.15. The Hall–Kier alpha value is -2.64. The molecule has 2 N–H and O–H groups in total. The number of benzene rings is 1. The number of hydrogen-bond donors (Lipinski definition) is 2. The minimum absolute atomic E-state index is 0.264. The molecular formula is C14H11F4N3O. The van der Waals surface area contributed by atoms with Crippen molar-refractivity contribution in [1.29, 1.82) is 0 Å². The van der Waals surface area contributed by atoms with Crippen LogP contribution in [0.4, 0.5) is 28.9 Å². The standard InChI is InChI=1S/C14H11F4N3O/c15-9-1-4-13(12(7-9)14(16,17)18)21-11-3-2-10(19-8-11)5-6-20-22/h1-4,6-8,21-22H,5H2/b20-6+. The molecule has 4 nitrogen and oxygen atoms in total. The van der Waals surface area contributed by atoms with E-state index >= 15 is 0 Å². The van der Waals surface area contributed by atoms with Gasteiger partial charge in [0.2, 0.25) is 0 Å². The second-order valence-corrected chi connectivity index (χ2v) is 4.35. The fourth-order valence-corrected chi connectivity index (χ4v) is 1.77. The maximum atomic E-state index is 13.0. The van der Waals surface area contributed by atoms with Crippen LogP contribution in [0.5, 0.6) is 0 Å². The van der Waals surface area contributed by atoms with Crippen LogP contribution in [-0.4, -0.2) is 16.4 Å². The molecule has 0 spiro atoms. The highest BCUT2D eigenvalue weighted by Gasteiger charge is 2.34. The highest BCUT2D eigenvalue weighted by molar-refractivity contribution is 5.64. The Morgan fingerprint density at radius 1 is 1.23 bits per heavy atom. The van der Waals surface area contributed by atoms with Crippen LogP contribution < -0.4 is 5.32 Å². The van der Waals surface area contributed by atoms with Crippen LogP contribution in [-0.2, 0) is 12.6 Å². The van der Waals surface area contributed by atoms with E-state index in [9.17, 15) is 17.6 Å². The van der Waals surface area contributed by atoms with Crippen molar-refractivity contribution in [3.63, 3.8) is 0 Å². The number of aromatic nitrogens is 1. The number of pyridine rings is 1. The topological polar surface area (TPSA) is 57.5 Å². The molecule has 0 radical (unpaired) electrons. The number of alkyl halides is 3. The van der Waals surface area contributed by atoms with Crippen molar-refractivity contribution in [3.05, 3.63) is 53.6 Å². The Morgan fingerprint density at radius 2 is 2.00 bits per heavy atom. The van der Waals surface area contributed by atoms with Gasteiger partial charge in [-0.1, -0.05) is 0 Å². The van der Waals surface area contributed by atoms with Crippen LogP contribution in [0.15, 0.2) is 41.7 Å². The predicted octanol–water partition coefficient (Wildman–Crippen LogP) is 3.99. The lowest BCUT2D eigenvalue weighted by Gasteiger charge is -2.14. The summed E-state index contributed by atoms with van der Waals surface area (Å²) in [5.41, 5.74) is -0.454. The Morgan fingerprint density at radius 3 is 2.59 bits per heavy atom. The number of nitrogens with zero attached hydrogens (tertiary/aromatic N) is 2. The zero-order valence-corrected chi connectivity index (χ0v) is 11.1. The van der Waals surface area contributed by atoms with Crippen LogP contribution in [0.3, 0.4) is 0 Å². The van der Waals surface area contributed by atoms with Gasteiger partial charge in [-0.3, -0.25) is 4.98 Å². The number of nitrogens with one attached hydrogen (secondary N) is 1. The average molecular weight is 313 g/mol. The molecule has 0 amide bonds. The molecule has 0 atom stereocenters. The quantitative estimate of drug-likeness (QED) is 0.388. The van der Waals surface area contributed by atoms with E-state index in [-0.39, 0.29) is 5.69 Å². The van der Waals surface area contributed by atoms with Crippen LogP contribution in [0.1, 0.15) is 11.3 Å². The van der Waals surface area contributed by atoms with E-state index in [4.69, 9.17) is 5.21 Å². The smallest absolute Gasteiger partial charge is 0.411 e. The maximum Gasteiger partial charge on any atom is 0.418 e. The van der Waals surface area contributed by atoms with Gasteiger partial charge in [0.1, 0.15) is 5.82 Å². The van der Waals surface area contributed by atoms with E-state index in [1.54, 1.807) is 6.07 Å². The van der Waals surface area contributed by atoms with Gasteiger partial charge in [-0.15, -0.1) is 5.16 Å². The van der Waals surface area contributed by atoms with Gasteiger partial charge in [-0.25, -0.2) is 4.39 Å². The van der Waals surface area contributed by atoms with Crippen LogP contribution in [0.25, 0.3) is 0 Å². The van der Waals surface area contributed by atoms with E-state index < -0.39 is 17.6 Å². The van der Waals surface area contributed by atoms with Gasteiger partial charge in [0.05, 0.1) is 23.1 Å². The molecule has 1 heterocycles. The lowest BCUT2D eigenvalue weighted by Crippen LogP contribution is -2.09. The van der Waals surface area contributed by atoms with Gasteiger partial charge in [0.25, 0.3) is 0 Å². The highest BCUT2D eigenvalue weighted by Crippen LogP contribution is 2.36. The van der Waals surface area contributed by atoms with E-state index in [1.165, 1.54) is 18.5 Å². The molecule has 0 saturated carbocycles. The van der Waals surface area contributed by atoms with Gasteiger partial charge < -0.3 is 10.5 Å². The van der Waals surface area contributed by atoms with Crippen molar-refractivity contribution in [2.24, 2.45) is 5.16 Å². The molecule has 0 aliphatic rings. The normalized spacial score (nSPS) is 11.8. The van der Waals surface area contributed by atoms with Crippen molar-refractivity contribution >= 4 is 17.6 Å². The first-order chi connectivity index (χ1) is 10.4. The number of hydrogen-bond acceptors (Lipinski definition) is 4. The third kappa shape index (κ3) is 3.94. The largest absolute Gasteiger partial charge is 0.418 e. The van der Waals surface area contributed by atoms with Crippen molar-refractivity contribution < 1.29 is 22.8 Å². The molecule has 0 aliphatic heterocycles. The molecule has 0 bridgehead atoms. The van der Waals surface area contributed by atoms with Gasteiger partial charge in [-0.05, 0) is 30.3 Å². The van der Waals surface area contributed by atoms with E-state index in [1.807, 2.05) is 0 Å². The summed E-state index contributed by atoms with van der Waals surface area (Å²) in [5.74, 6) is -0.963. The lowest BCUT2D eigenvalue weighted by atomic mass is 10.1. The van der Waals surface area contributed by atoms with Gasteiger partial charge >= 0.3 is 6.18 Å². The summed E-state index contributed by atoms with van der Waals surface area (Å²) >= 11 is 0. The summed E-state index contributed by atoms with van der Waals surface area (Å²) < 4.78 is 51.6. The molecule has 22 heavy (non-hydrogen) atoms. The van der Waals surface area contributed by atoms with E-state index in [2.05, 4.69) is 15.5 Å². The Kier molecular flexibility index (Phi) is 4.59. The van der Waals surface area contributed by atoms with Crippen LogP contribution in [0.2, 0.25) is 0 Å². The second kappa shape index (κ2) is 6.42. The molecule has 2 aromatic rings. The summed E-state index contributed by atoms with van der Waals surface area (Å²) in [5, 5.41) is 13.7. The van der Waals surface area contributed by atoms with Crippen LogP contribution in [0, 0.1) is 5.82 Å². The molecule has 1 aromatic carbocycles. The number of oxime groups is 1. The third-order valence-electron chi connectivity index (χ3n) is 2.77. The van der Waals surface area contributed by atoms with Gasteiger partial charge in [-0.2, -0.15) is 13.2 Å². The fourth-order valence-electron chi connectivity index (χ4n) is 1.77. The highest BCUT2D eigenvalue weighted by atomic mass is 19.4. The third-order valence-corrected chi connectivity index (χ3v) is 2.77. The van der Waals surface area contributed by atoms with Crippen molar-refractivity contribution in [2.75, 3.05) is 5.32 Å². The maximum absolute atomic E-state index is 13.0. The van der Waals surface area contributed by atoms with Crippen LogP contribution >= 0.6 is 0 Å². The lowest BCUT2D eigenvalue weighted by molar-refractivity contribution is -0.137. The second-order valence-electron chi connectivity index (χ2n) is 4.35. The molecule has 116 valence electrons. The molecule has 1 aromatic heterocycles. The predicted molar refractivity (Wildman–Crippen MR) is 72.9 cm³/mol. The molecular weight excluding hydrogens is 302 g/mol. The molecule has 8 heteroatoms. The van der Waals surface area contributed by atoms with E-state index in [0.29, 0.717) is 23.9 Å². The monoisotopic (exact) mass is 313 g/mol. The van der Waals surface area contributed by atoms with Crippen molar-refractivity contribution in [2.45, 2.75) is 12.6 Å². The van der Waals surface area contributed by atoms with Gasteiger partial charge in [0, 0.05) is 18.3 Å². The fraction of sp³-hybridized carbons (Fsp3) is 0.143. The first-order valence-electron chi connectivity index (χ1n) is 6.15. The number of anilines is 2. The summed E-state index contributed by atoms with van der Waals surface area (Å²) in [4.78, 5) is 4.00. The molecule has 0 fully saturated rings. The molecule has 0 unspecified atom stereocenters. The average Bonchev–Trinajstić information content (AvgIpc) is 2.47.